The van der Waals surface area contributed by atoms with Crippen molar-refractivity contribution in [2.24, 2.45) is 0 Å². The lowest BCUT2D eigenvalue weighted by molar-refractivity contribution is 0.173. The highest BCUT2D eigenvalue weighted by atomic mass is 19.1. The molecular formula is C19H21FN2O2. The Morgan fingerprint density at radius 1 is 0.917 bits per heavy atom. The Bertz CT molecular complexity index is 697. The van der Waals surface area contributed by atoms with E-state index in [1.807, 2.05) is 18.2 Å². The number of rotatable bonds is 3. The van der Waals surface area contributed by atoms with Crippen LogP contribution in [0.4, 0.5) is 4.39 Å². The minimum absolute atomic E-state index is 0.0833. The quantitative estimate of drug-likeness (QED) is 0.939. The molecule has 1 saturated heterocycles. The summed E-state index contributed by atoms with van der Waals surface area (Å²) in [5, 5.41) is 3.44. The summed E-state index contributed by atoms with van der Waals surface area (Å²) in [5.74, 6) is 1.36. The van der Waals surface area contributed by atoms with E-state index in [9.17, 15) is 4.39 Å². The highest BCUT2D eigenvalue weighted by Crippen LogP contribution is 2.37. The normalized spacial score (nSPS) is 19.0. The summed E-state index contributed by atoms with van der Waals surface area (Å²) in [4.78, 5) is 2.45. The first-order valence-corrected chi connectivity index (χ1v) is 8.41. The number of hydrogen-bond acceptors (Lipinski definition) is 4. The highest BCUT2D eigenvalue weighted by molar-refractivity contribution is 5.47. The van der Waals surface area contributed by atoms with Crippen LogP contribution in [0.5, 0.6) is 11.5 Å². The van der Waals surface area contributed by atoms with Crippen molar-refractivity contribution in [3.8, 4) is 11.5 Å². The van der Waals surface area contributed by atoms with Crippen LogP contribution in [0.3, 0.4) is 0 Å². The molecule has 0 bridgehead atoms. The van der Waals surface area contributed by atoms with Crippen LogP contribution in [-0.4, -0.2) is 37.9 Å². The fourth-order valence-corrected chi connectivity index (χ4v) is 3.47. The number of fused-ring (bicyclic) bond motifs is 1. The molecule has 24 heavy (non-hydrogen) atoms. The van der Waals surface area contributed by atoms with Gasteiger partial charge in [0, 0.05) is 19.6 Å². The topological polar surface area (TPSA) is 33.7 Å². The SMILES string of the molecule is Fc1ccc(C(c2ccc3c(c2)OCO3)N2CCCNCC2)cc1. The van der Waals surface area contributed by atoms with Crippen LogP contribution in [0.25, 0.3) is 0 Å². The number of benzene rings is 2. The van der Waals surface area contributed by atoms with Gasteiger partial charge in [-0.3, -0.25) is 4.90 Å². The van der Waals surface area contributed by atoms with Crippen LogP contribution in [0.15, 0.2) is 42.5 Å². The summed E-state index contributed by atoms with van der Waals surface area (Å²) in [5.41, 5.74) is 2.24. The molecule has 0 spiro atoms. The van der Waals surface area contributed by atoms with Crippen molar-refractivity contribution in [2.75, 3.05) is 33.0 Å². The largest absolute Gasteiger partial charge is 0.454 e. The standard InChI is InChI=1S/C19H21FN2O2/c20-16-5-2-14(3-6-16)19(22-10-1-8-21-9-11-22)15-4-7-17-18(12-15)24-13-23-17/h2-7,12,19,21H,1,8-11,13H2. The van der Waals surface area contributed by atoms with E-state index in [0.717, 1.165) is 55.2 Å². The van der Waals surface area contributed by atoms with E-state index >= 15 is 0 Å². The molecule has 2 aromatic carbocycles. The molecule has 0 radical (unpaired) electrons. The second-order valence-electron chi connectivity index (χ2n) is 6.21. The van der Waals surface area contributed by atoms with Crippen molar-refractivity contribution in [1.82, 2.24) is 10.2 Å². The van der Waals surface area contributed by atoms with E-state index in [1.54, 1.807) is 0 Å². The molecule has 2 aromatic rings. The van der Waals surface area contributed by atoms with Gasteiger partial charge in [-0.15, -0.1) is 0 Å². The molecule has 0 saturated carbocycles. The van der Waals surface area contributed by atoms with E-state index in [2.05, 4.69) is 22.3 Å². The summed E-state index contributed by atoms with van der Waals surface area (Å²) >= 11 is 0. The minimum Gasteiger partial charge on any atom is -0.454 e. The zero-order chi connectivity index (χ0) is 16.4. The molecule has 4 rings (SSSR count). The Labute approximate surface area is 141 Å². The fourth-order valence-electron chi connectivity index (χ4n) is 3.47. The number of nitrogens with one attached hydrogen (secondary N) is 1. The summed E-state index contributed by atoms with van der Waals surface area (Å²) in [6.07, 6.45) is 1.10. The Morgan fingerprint density at radius 3 is 2.58 bits per heavy atom. The predicted molar refractivity (Wildman–Crippen MR) is 89.9 cm³/mol. The van der Waals surface area contributed by atoms with Gasteiger partial charge < -0.3 is 14.8 Å². The summed E-state index contributed by atoms with van der Waals surface area (Å²) < 4.78 is 24.3. The Morgan fingerprint density at radius 2 is 1.71 bits per heavy atom. The molecule has 2 aliphatic heterocycles. The molecule has 0 amide bonds. The Kier molecular flexibility index (Phi) is 4.36. The molecule has 126 valence electrons. The van der Waals surface area contributed by atoms with Crippen LogP contribution in [-0.2, 0) is 0 Å². The highest BCUT2D eigenvalue weighted by Gasteiger charge is 2.25. The number of nitrogens with zero attached hydrogens (tertiary/aromatic N) is 1. The smallest absolute Gasteiger partial charge is 0.231 e. The first-order valence-electron chi connectivity index (χ1n) is 8.41. The maximum Gasteiger partial charge on any atom is 0.231 e. The minimum atomic E-state index is -0.208. The van der Waals surface area contributed by atoms with Crippen LogP contribution < -0.4 is 14.8 Å². The van der Waals surface area contributed by atoms with Crippen LogP contribution >= 0.6 is 0 Å². The molecule has 1 unspecified atom stereocenters. The zero-order valence-corrected chi connectivity index (χ0v) is 13.5. The third kappa shape index (κ3) is 3.09. The average molecular weight is 328 g/mol. The molecule has 1 atom stereocenters. The van der Waals surface area contributed by atoms with E-state index in [4.69, 9.17) is 9.47 Å². The molecule has 1 fully saturated rings. The van der Waals surface area contributed by atoms with Gasteiger partial charge in [-0.05, 0) is 48.4 Å². The maximum absolute atomic E-state index is 13.4. The van der Waals surface area contributed by atoms with Crippen molar-refractivity contribution >= 4 is 0 Å². The lowest BCUT2D eigenvalue weighted by Crippen LogP contribution is -2.33. The van der Waals surface area contributed by atoms with E-state index in [1.165, 1.54) is 12.1 Å². The van der Waals surface area contributed by atoms with Crippen molar-refractivity contribution in [3.63, 3.8) is 0 Å². The van der Waals surface area contributed by atoms with Crippen molar-refractivity contribution in [1.29, 1.82) is 0 Å². The van der Waals surface area contributed by atoms with Crippen molar-refractivity contribution in [2.45, 2.75) is 12.5 Å². The van der Waals surface area contributed by atoms with Gasteiger partial charge in [-0.1, -0.05) is 18.2 Å². The summed E-state index contributed by atoms with van der Waals surface area (Å²) in [6.45, 7) is 4.23. The van der Waals surface area contributed by atoms with Gasteiger partial charge in [-0.2, -0.15) is 0 Å². The van der Waals surface area contributed by atoms with Gasteiger partial charge in [0.1, 0.15) is 5.82 Å². The van der Waals surface area contributed by atoms with Gasteiger partial charge in [0.2, 0.25) is 6.79 Å². The van der Waals surface area contributed by atoms with E-state index in [-0.39, 0.29) is 18.7 Å². The first-order chi connectivity index (χ1) is 11.8. The van der Waals surface area contributed by atoms with Crippen LogP contribution in [0.2, 0.25) is 0 Å². The lowest BCUT2D eigenvalue weighted by atomic mass is 9.96. The molecule has 0 aliphatic carbocycles. The predicted octanol–water partition coefficient (Wildman–Crippen LogP) is 2.94. The molecule has 2 aliphatic rings. The van der Waals surface area contributed by atoms with Gasteiger partial charge >= 0.3 is 0 Å². The molecular weight excluding hydrogens is 307 g/mol. The maximum atomic E-state index is 13.4. The van der Waals surface area contributed by atoms with Gasteiger partial charge in [0.15, 0.2) is 11.5 Å². The molecule has 5 heteroatoms. The van der Waals surface area contributed by atoms with E-state index < -0.39 is 0 Å². The summed E-state index contributed by atoms with van der Waals surface area (Å²) in [6, 6.07) is 13.0. The first kappa shape index (κ1) is 15.4. The molecule has 1 N–H and O–H groups in total. The van der Waals surface area contributed by atoms with Crippen LogP contribution in [0, 0.1) is 5.82 Å². The zero-order valence-electron chi connectivity index (χ0n) is 13.5. The van der Waals surface area contributed by atoms with Crippen molar-refractivity contribution < 1.29 is 13.9 Å². The Balaban J connectivity index is 1.73. The van der Waals surface area contributed by atoms with E-state index in [0.29, 0.717) is 0 Å². The monoisotopic (exact) mass is 328 g/mol. The molecule has 2 heterocycles. The number of ether oxygens (including phenoxy) is 2. The van der Waals surface area contributed by atoms with Gasteiger partial charge in [-0.25, -0.2) is 4.39 Å². The van der Waals surface area contributed by atoms with Gasteiger partial charge in [0.05, 0.1) is 6.04 Å². The van der Waals surface area contributed by atoms with Crippen LogP contribution in [0.1, 0.15) is 23.6 Å². The average Bonchev–Trinajstić information content (AvgIpc) is 2.91. The Hall–Kier alpha value is -2.11. The third-order valence-electron chi connectivity index (χ3n) is 4.64. The third-order valence-corrected chi connectivity index (χ3v) is 4.64. The molecule has 4 nitrogen and oxygen atoms in total. The number of hydrogen-bond donors (Lipinski definition) is 1. The second-order valence-corrected chi connectivity index (χ2v) is 6.21. The second kappa shape index (κ2) is 6.79. The van der Waals surface area contributed by atoms with Crippen molar-refractivity contribution in [3.05, 3.63) is 59.4 Å². The summed E-state index contributed by atoms with van der Waals surface area (Å²) in [7, 11) is 0. The van der Waals surface area contributed by atoms with Gasteiger partial charge in [0.25, 0.3) is 0 Å². The molecule has 0 aromatic heterocycles. The lowest BCUT2D eigenvalue weighted by Gasteiger charge is -2.31. The fraction of sp³-hybridized carbons (Fsp3) is 0.368. The number of halogens is 1.